The first-order chi connectivity index (χ1) is 8.72. The number of hydrogen-bond acceptors (Lipinski definition) is 4. The molecule has 2 fully saturated rings. The summed E-state index contributed by atoms with van der Waals surface area (Å²) < 4.78 is 16.2. The van der Waals surface area contributed by atoms with E-state index in [0.717, 1.165) is 31.9 Å². The number of hydrogen-bond donors (Lipinski definition) is 0. The molecule has 0 bridgehead atoms. The van der Waals surface area contributed by atoms with Gasteiger partial charge < -0.3 is 13.9 Å². The molecule has 1 saturated heterocycles. The third kappa shape index (κ3) is 3.80. The average Bonchev–Trinajstić information content (AvgIpc) is 3.13. The van der Waals surface area contributed by atoms with E-state index >= 15 is 0 Å². The predicted molar refractivity (Wildman–Crippen MR) is 71.1 cm³/mol. The van der Waals surface area contributed by atoms with Gasteiger partial charge >= 0.3 is 5.97 Å². The average molecular weight is 272 g/mol. The van der Waals surface area contributed by atoms with Gasteiger partial charge in [-0.05, 0) is 38.1 Å². The minimum absolute atomic E-state index is 0.0196. The van der Waals surface area contributed by atoms with E-state index in [1.54, 1.807) is 0 Å². The van der Waals surface area contributed by atoms with Crippen molar-refractivity contribution in [3.63, 3.8) is 0 Å². The topological polar surface area (TPSA) is 48.1 Å². The van der Waals surface area contributed by atoms with E-state index in [1.165, 1.54) is 0 Å². The van der Waals surface area contributed by atoms with E-state index < -0.39 is 0 Å². The molecule has 0 aromatic heterocycles. The Morgan fingerprint density at radius 1 is 1.44 bits per heavy atom. The summed E-state index contributed by atoms with van der Waals surface area (Å²) in [6, 6.07) is 1.09. The first-order valence-corrected chi connectivity index (χ1v) is 8.70. The van der Waals surface area contributed by atoms with Crippen LogP contribution in [0.2, 0.25) is 6.04 Å². The zero-order valence-electron chi connectivity index (χ0n) is 11.4. The lowest BCUT2D eigenvalue weighted by atomic mass is 9.82. The molecular weight excluding hydrogens is 248 g/mol. The molecule has 18 heavy (non-hydrogen) atoms. The third-order valence-electron chi connectivity index (χ3n) is 3.82. The van der Waals surface area contributed by atoms with Crippen LogP contribution in [0.5, 0.6) is 0 Å². The molecule has 0 spiro atoms. The van der Waals surface area contributed by atoms with Gasteiger partial charge in [-0.25, -0.2) is 0 Å². The number of fused-ring (bicyclic) bond motifs is 1. The van der Waals surface area contributed by atoms with E-state index in [0.29, 0.717) is 24.7 Å². The monoisotopic (exact) mass is 272 g/mol. The number of rotatable bonds is 7. The first kappa shape index (κ1) is 14.0. The zero-order valence-corrected chi connectivity index (χ0v) is 12.8. The lowest BCUT2D eigenvalue weighted by Gasteiger charge is -2.21. The van der Waals surface area contributed by atoms with E-state index in [4.69, 9.17) is 13.9 Å². The Kier molecular flexibility index (Phi) is 5.21. The minimum atomic E-state index is -0.378. The third-order valence-corrected chi connectivity index (χ3v) is 5.31. The second-order valence-corrected chi connectivity index (χ2v) is 6.88. The van der Waals surface area contributed by atoms with Gasteiger partial charge in [-0.3, -0.25) is 4.79 Å². The molecule has 4 nitrogen and oxygen atoms in total. The normalized spacial score (nSPS) is 34.6. The summed E-state index contributed by atoms with van der Waals surface area (Å²) in [5.41, 5.74) is 0. The van der Waals surface area contributed by atoms with Crippen LogP contribution in [-0.2, 0) is 18.7 Å². The summed E-state index contributed by atoms with van der Waals surface area (Å²) in [6.07, 6.45) is 3.49. The second kappa shape index (κ2) is 6.68. The Hall–Kier alpha value is -0.393. The summed E-state index contributed by atoms with van der Waals surface area (Å²) in [4.78, 5) is 11.9. The summed E-state index contributed by atoms with van der Waals surface area (Å²) in [5, 5.41) is 0. The quantitative estimate of drug-likeness (QED) is 0.303. The Balaban J connectivity index is 1.57. The fraction of sp³-hybridized carbons (Fsp3) is 0.923. The van der Waals surface area contributed by atoms with E-state index in [2.05, 4.69) is 6.92 Å². The van der Waals surface area contributed by atoms with Crippen LogP contribution in [0, 0.1) is 11.8 Å². The Morgan fingerprint density at radius 3 is 3.00 bits per heavy atom. The molecule has 1 saturated carbocycles. The molecule has 4 unspecified atom stereocenters. The fourth-order valence-electron chi connectivity index (χ4n) is 2.74. The van der Waals surface area contributed by atoms with Gasteiger partial charge in [0.1, 0.15) is 0 Å². The maximum absolute atomic E-state index is 11.9. The lowest BCUT2D eigenvalue weighted by Crippen LogP contribution is -2.28. The SMILES string of the molecule is CCO[SiH2]CCCOC(=O)C1CC(C)C2OC2C1. The highest BCUT2D eigenvalue weighted by atomic mass is 28.2. The molecule has 2 aliphatic rings. The molecule has 0 N–H and O–H groups in total. The van der Waals surface area contributed by atoms with Crippen LogP contribution >= 0.6 is 0 Å². The number of epoxide rings is 1. The van der Waals surface area contributed by atoms with Crippen LogP contribution in [0.25, 0.3) is 0 Å². The Labute approximate surface area is 111 Å². The van der Waals surface area contributed by atoms with Crippen LogP contribution < -0.4 is 0 Å². The van der Waals surface area contributed by atoms with E-state index in [1.807, 2.05) is 6.92 Å². The predicted octanol–water partition coefficient (Wildman–Crippen LogP) is 1.27. The van der Waals surface area contributed by atoms with Crippen molar-refractivity contribution in [2.24, 2.45) is 11.8 Å². The Morgan fingerprint density at radius 2 is 2.28 bits per heavy atom. The van der Waals surface area contributed by atoms with Crippen molar-refractivity contribution in [2.45, 2.75) is 51.4 Å². The number of carbonyl (C=O) groups is 1. The smallest absolute Gasteiger partial charge is 0.309 e. The minimum Gasteiger partial charge on any atom is -0.465 e. The van der Waals surface area contributed by atoms with Crippen molar-refractivity contribution in [3.8, 4) is 0 Å². The first-order valence-electron chi connectivity index (χ1n) is 7.12. The molecule has 104 valence electrons. The maximum Gasteiger partial charge on any atom is 0.309 e. The van der Waals surface area contributed by atoms with E-state index in [-0.39, 0.29) is 21.7 Å². The molecule has 1 aliphatic heterocycles. The van der Waals surface area contributed by atoms with Crippen molar-refractivity contribution in [2.75, 3.05) is 13.2 Å². The zero-order chi connectivity index (χ0) is 13.0. The largest absolute Gasteiger partial charge is 0.465 e. The highest BCUT2D eigenvalue weighted by molar-refractivity contribution is 6.26. The van der Waals surface area contributed by atoms with Crippen molar-refractivity contribution in [1.82, 2.24) is 0 Å². The number of ether oxygens (including phenoxy) is 2. The molecule has 1 aliphatic carbocycles. The van der Waals surface area contributed by atoms with Gasteiger partial charge in [-0.15, -0.1) is 0 Å². The van der Waals surface area contributed by atoms with Gasteiger partial charge in [0.05, 0.1) is 24.7 Å². The van der Waals surface area contributed by atoms with E-state index in [9.17, 15) is 4.79 Å². The van der Waals surface area contributed by atoms with Crippen molar-refractivity contribution in [1.29, 1.82) is 0 Å². The number of carbonyl (C=O) groups excluding carboxylic acids is 1. The Bertz CT molecular complexity index is 284. The second-order valence-electron chi connectivity index (χ2n) is 5.36. The van der Waals surface area contributed by atoms with Crippen molar-refractivity contribution < 1.29 is 18.7 Å². The summed E-state index contributed by atoms with van der Waals surface area (Å²) in [6.45, 7) is 5.55. The van der Waals surface area contributed by atoms with Crippen LogP contribution in [0.3, 0.4) is 0 Å². The molecule has 0 amide bonds. The highest BCUT2D eigenvalue weighted by Crippen LogP contribution is 2.43. The maximum atomic E-state index is 11.9. The summed E-state index contributed by atoms with van der Waals surface area (Å²) in [7, 11) is -0.378. The van der Waals surface area contributed by atoms with Crippen molar-refractivity contribution in [3.05, 3.63) is 0 Å². The molecule has 0 aromatic rings. The number of esters is 1. The van der Waals surface area contributed by atoms with Gasteiger partial charge in [0.25, 0.3) is 0 Å². The molecular formula is C13H24O4Si. The standard InChI is InChI=1S/C13H24O4Si/c1-3-16-18-6-4-5-15-13(14)10-7-9(2)12-11(8-10)17-12/h9-12H,3-8,18H2,1-2H3. The molecule has 0 radical (unpaired) electrons. The molecule has 2 rings (SSSR count). The lowest BCUT2D eigenvalue weighted by molar-refractivity contribution is -0.149. The van der Waals surface area contributed by atoms with Crippen molar-refractivity contribution >= 4 is 15.7 Å². The van der Waals surface area contributed by atoms with Gasteiger partial charge in [0, 0.05) is 6.61 Å². The molecule has 1 heterocycles. The van der Waals surface area contributed by atoms with Gasteiger partial charge in [-0.1, -0.05) is 6.92 Å². The van der Waals surface area contributed by atoms with Gasteiger partial charge in [0.15, 0.2) is 9.76 Å². The van der Waals surface area contributed by atoms with Crippen LogP contribution in [-0.4, -0.2) is 41.2 Å². The molecule has 0 aromatic carbocycles. The van der Waals surface area contributed by atoms with Crippen LogP contribution in [0.4, 0.5) is 0 Å². The van der Waals surface area contributed by atoms with Gasteiger partial charge in [-0.2, -0.15) is 0 Å². The molecule has 4 atom stereocenters. The molecule has 5 heteroatoms. The fourth-order valence-corrected chi connectivity index (χ4v) is 3.64. The van der Waals surface area contributed by atoms with Crippen LogP contribution in [0.1, 0.15) is 33.1 Å². The van der Waals surface area contributed by atoms with Crippen LogP contribution in [0.15, 0.2) is 0 Å². The summed E-state index contributed by atoms with van der Waals surface area (Å²) >= 11 is 0. The summed E-state index contributed by atoms with van der Waals surface area (Å²) in [5.74, 6) is 0.549. The highest BCUT2D eigenvalue weighted by Gasteiger charge is 2.50. The van der Waals surface area contributed by atoms with Gasteiger partial charge in [0.2, 0.25) is 0 Å².